The summed E-state index contributed by atoms with van der Waals surface area (Å²) >= 11 is 5.48. The number of ether oxygens (including phenoxy) is 1. The zero-order valence-corrected chi connectivity index (χ0v) is 7.71. The molecule has 0 fully saturated rings. The van der Waals surface area contributed by atoms with E-state index in [1.807, 2.05) is 37.3 Å². The van der Waals surface area contributed by atoms with Crippen LogP contribution in [0.3, 0.4) is 0 Å². The van der Waals surface area contributed by atoms with Crippen LogP contribution in [0, 0.1) is 0 Å². The van der Waals surface area contributed by atoms with Gasteiger partial charge in [-0.15, -0.1) is 0 Å². The Bertz CT molecular complexity index is 254. The highest BCUT2D eigenvalue weighted by Gasteiger charge is 1.91. The van der Waals surface area contributed by atoms with Gasteiger partial charge in [-0.25, -0.2) is 0 Å². The molecule has 0 aliphatic heterocycles. The maximum absolute atomic E-state index is 5.48. The zero-order chi connectivity index (χ0) is 8.81. The van der Waals surface area contributed by atoms with E-state index in [1.165, 1.54) is 5.54 Å². The number of para-hydroxylation sites is 1. The molecule has 0 bridgehead atoms. The van der Waals surface area contributed by atoms with Crippen molar-refractivity contribution in [2.45, 2.75) is 6.92 Å². The van der Waals surface area contributed by atoms with Crippen LogP contribution < -0.4 is 4.74 Å². The summed E-state index contributed by atoms with van der Waals surface area (Å²) in [7, 11) is 0. The lowest BCUT2D eigenvalue weighted by molar-refractivity contribution is 0.352. The van der Waals surface area contributed by atoms with Crippen molar-refractivity contribution in [1.82, 2.24) is 0 Å². The van der Waals surface area contributed by atoms with Gasteiger partial charge in [0, 0.05) is 5.54 Å². The fraction of sp³-hybridized carbons (Fsp3) is 0.200. The molecule has 2 heteroatoms. The largest absolute Gasteiger partial charge is 0.489 e. The predicted octanol–water partition coefficient (Wildman–Crippen LogP) is 3.21. The molecule has 0 saturated heterocycles. The number of rotatable bonds is 3. The van der Waals surface area contributed by atoms with Crippen LogP contribution in [0.25, 0.3) is 0 Å². The fourth-order valence-corrected chi connectivity index (χ4v) is 0.808. The number of hydrogen-bond donors (Lipinski definition) is 0. The van der Waals surface area contributed by atoms with Gasteiger partial charge in [0.05, 0.1) is 0 Å². The second-order valence-electron chi connectivity index (χ2n) is 2.56. The molecular weight excluding hydrogens is 172 g/mol. The van der Waals surface area contributed by atoms with Crippen molar-refractivity contribution in [2.75, 3.05) is 6.61 Å². The van der Waals surface area contributed by atoms with E-state index in [0.29, 0.717) is 6.61 Å². The van der Waals surface area contributed by atoms with Crippen molar-refractivity contribution in [3.8, 4) is 5.75 Å². The monoisotopic (exact) mass is 182 g/mol. The van der Waals surface area contributed by atoms with Crippen LogP contribution in [0.4, 0.5) is 0 Å². The second-order valence-corrected chi connectivity index (χ2v) is 2.78. The van der Waals surface area contributed by atoms with Gasteiger partial charge in [0.15, 0.2) is 0 Å². The molecule has 0 heterocycles. The lowest BCUT2D eigenvalue weighted by Crippen LogP contribution is -1.97. The molecule has 0 aromatic heterocycles. The molecule has 0 unspecified atom stereocenters. The first-order chi connectivity index (χ1) is 5.83. The van der Waals surface area contributed by atoms with Crippen LogP contribution >= 0.6 is 11.6 Å². The lowest BCUT2D eigenvalue weighted by Gasteiger charge is -2.04. The molecule has 0 aliphatic carbocycles. The summed E-state index contributed by atoms with van der Waals surface area (Å²) in [6.07, 6.45) is 0. The molecule has 1 aromatic rings. The quantitative estimate of drug-likeness (QED) is 0.698. The summed E-state index contributed by atoms with van der Waals surface area (Å²) in [6, 6.07) is 9.67. The zero-order valence-electron chi connectivity index (χ0n) is 6.96. The Balaban J connectivity index is 2.44. The second kappa shape index (κ2) is 4.83. The van der Waals surface area contributed by atoms with Crippen LogP contribution in [0.5, 0.6) is 5.75 Å². The van der Waals surface area contributed by atoms with Crippen LogP contribution in [0.2, 0.25) is 0 Å². The first-order valence-corrected chi connectivity index (χ1v) is 4.20. The highest BCUT2D eigenvalue weighted by molar-refractivity contribution is 6.25. The summed E-state index contributed by atoms with van der Waals surface area (Å²) in [4.78, 5) is 0. The van der Waals surface area contributed by atoms with Gasteiger partial charge in [0.25, 0.3) is 0 Å². The Kier molecular flexibility index (Phi) is 3.68. The molecule has 0 N–H and O–H groups in total. The molecule has 0 saturated carbocycles. The lowest BCUT2D eigenvalue weighted by atomic mass is 10.3. The molecular formula is C10H11ClO. The normalized spacial score (nSPS) is 11.3. The SMILES string of the molecule is CC(=CCl)COc1ccccc1. The van der Waals surface area contributed by atoms with E-state index in [9.17, 15) is 0 Å². The highest BCUT2D eigenvalue weighted by Crippen LogP contribution is 2.09. The van der Waals surface area contributed by atoms with Gasteiger partial charge in [-0.3, -0.25) is 0 Å². The van der Waals surface area contributed by atoms with E-state index < -0.39 is 0 Å². The van der Waals surface area contributed by atoms with Gasteiger partial charge >= 0.3 is 0 Å². The van der Waals surface area contributed by atoms with Crippen LogP contribution in [0.15, 0.2) is 41.4 Å². The minimum absolute atomic E-state index is 0.549. The molecule has 0 spiro atoms. The van der Waals surface area contributed by atoms with E-state index in [2.05, 4.69) is 0 Å². The van der Waals surface area contributed by atoms with Gasteiger partial charge in [-0.05, 0) is 24.6 Å². The van der Waals surface area contributed by atoms with Gasteiger partial charge in [-0.1, -0.05) is 29.8 Å². The predicted molar refractivity (Wildman–Crippen MR) is 51.5 cm³/mol. The third kappa shape index (κ3) is 2.97. The Morgan fingerprint density at radius 2 is 2.08 bits per heavy atom. The molecule has 0 radical (unpaired) electrons. The molecule has 0 aliphatic rings. The van der Waals surface area contributed by atoms with Crippen LogP contribution in [-0.2, 0) is 0 Å². The molecule has 64 valence electrons. The smallest absolute Gasteiger partial charge is 0.119 e. The Morgan fingerprint density at radius 3 is 2.67 bits per heavy atom. The highest BCUT2D eigenvalue weighted by atomic mass is 35.5. The summed E-state index contributed by atoms with van der Waals surface area (Å²) in [6.45, 7) is 2.48. The van der Waals surface area contributed by atoms with Crippen molar-refractivity contribution in [3.05, 3.63) is 41.4 Å². The van der Waals surface area contributed by atoms with Crippen molar-refractivity contribution in [2.24, 2.45) is 0 Å². The third-order valence-electron chi connectivity index (χ3n) is 1.40. The number of hydrogen-bond acceptors (Lipinski definition) is 1. The van der Waals surface area contributed by atoms with Gasteiger partial charge < -0.3 is 4.74 Å². The average Bonchev–Trinajstić information content (AvgIpc) is 2.16. The number of benzene rings is 1. The number of halogens is 1. The van der Waals surface area contributed by atoms with Gasteiger partial charge in [-0.2, -0.15) is 0 Å². The summed E-state index contributed by atoms with van der Waals surface area (Å²) < 4.78 is 5.41. The van der Waals surface area contributed by atoms with Crippen molar-refractivity contribution < 1.29 is 4.74 Å². The summed E-state index contributed by atoms with van der Waals surface area (Å²) in [5.41, 5.74) is 2.55. The van der Waals surface area contributed by atoms with Crippen LogP contribution in [0.1, 0.15) is 6.92 Å². The maximum Gasteiger partial charge on any atom is 0.119 e. The Labute approximate surface area is 77.6 Å². The van der Waals surface area contributed by atoms with E-state index in [-0.39, 0.29) is 0 Å². The Morgan fingerprint density at radius 1 is 1.42 bits per heavy atom. The van der Waals surface area contributed by atoms with Gasteiger partial charge in [0.2, 0.25) is 0 Å². The summed E-state index contributed by atoms with van der Waals surface area (Å²) in [5, 5.41) is 0. The maximum atomic E-state index is 5.48. The minimum Gasteiger partial charge on any atom is -0.489 e. The van der Waals surface area contributed by atoms with Crippen molar-refractivity contribution in [1.29, 1.82) is 0 Å². The third-order valence-corrected chi connectivity index (χ3v) is 1.77. The molecule has 1 rings (SSSR count). The molecule has 1 nitrogen and oxygen atoms in total. The Hall–Kier alpha value is -0.950. The minimum atomic E-state index is 0.549. The topological polar surface area (TPSA) is 9.23 Å². The van der Waals surface area contributed by atoms with Crippen LogP contribution in [-0.4, -0.2) is 6.61 Å². The standard InChI is InChI=1S/C10H11ClO/c1-9(7-11)8-12-10-5-3-2-4-6-10/h2-7H,8H2,1H3. The average molecular weight is 183 g/mol. The molecule has 12 heavy (non-hydrogen) atoms. The van der Waals surface area contributed by atoms with Crippen molar-refractivity contribution in [3.63, 3.8) is 0 Å². The van der Waals surface area contributed by atoms with Crippen molar-refractivity contribution >= 4 is 11.6 Å². The van der Waals surface area contributed by atoms with E-state index in [4.69, 9.17) is 16.3 Å². The fourth-order valence-electron chi connectivity index (χ4n) is 0.745. The first-order valence-electron chi connectivity index (χ1n) is 3.76. The van der Waals surface area contributed by atoms with E-state index in [0.717, 1.165) is 11.3 Å². The molecule has 0 amide bonds. The van der Waals surface area contributed by atoms with E-state index in [1.54, 1.807) is 0 Å². The summed E-state index contributed by atoms with van der Waals surface area (Å²) in [5.74, 6) is 0.871. The molecule has 0 atom stereocenters. The van der Waals surface area contributed by atoms with E-state index >= 15 is 0 Å². The molecule has 1 aromatic carbocycles. The van der Waals surface area contributed by atoms with Gasteiger partial charge in [0.1, 0.15) is 12.4 Å². The first kappa shape index (κ1) is 9.14.